The standard InChI is InChI=1S/C14H14Cl2N2O2/c1-3-20-14(19)13(18-7-6-9(2)17-18)11-5-4-10(15)8-12(11)16/h4-8,13H,3H2,1-2H3. The second kappa shape index (κ2) is 6.29. The van der Waals surface area contributed by atoms with Gasteiger partial charge in [0.15, 0.2) is 6.04 Å². The fraction of sp³-hybridized carbons (Fsp3) is 0.286. The summed E-state index contributed by atoms with van der Waals surface area (Å²) in [4.78, 5) is 12.2. The van der Waals surface area contributed by atoms with Crippen LogP contribution in [-0.4, -0.2) is 22.4 Å². The van der Waals surface area contributed by atoms with Crippen molar-refractivity contribution < 1.29 is 9.53 Å². The molecule has 1 unspecified atom stereocenters. The smallest absolute Gasteiger partial charge is 0.335 e. The zero-order valence-electron chi connectivity index (χ0n) is 11.1. The number of aryl methyl sites for hydroxylation is 1. The summed E-state index contributed by atoms with van der Waals surface area (Å²) < 4.78 is 6.66. The molecule has 106 valence electrons. The molecule has 2 aromatic rings. The van der Waals surface area contributed by atoms with Crippen LogP contribution in [0.1, 0.15) is 24.2 Å². The lowest BCUT2D eigenvalue weighted by Gasteiger charge is -2.18. The molecule has 1 atom stereocenters. The van der Waals surface area contributed by atoms with Gasteiger partial charge in [-0.1, -0.05) is 29.3 Å². The number of carbonyl (C=O) groups excluding carboxylic acids is 1. The van der Waals surface area contributed by atoms with E-state index in [0.717, 1.165) is 5.69 Å². The Morgan fingerprint density at radius 3 is 2.70 bits per heavy atom. The summed E-state index contributed by atoms with van der Waals surface area (Å²) in [5.74, 6) is -0.403. The Kier molecular flexibility index (Phi) is 4.68. The van der Waals surface area contributed by atoms with Crippen molar-refractivity contribution in [2.75, 3.05) is 6.61 Å². The van der Waals surface area contributed by atoms with Gasteiger partial charge in [0.1, 0.15) is 0 Å². The maximum absolute atomic E-state index is 12.2. The molecule has 0 aliphatic carbocycles. The molecule has 2 rings (SSSR count). The summed E-state index contributed by atoms with van der Waals surface area (Å²) in [6.07, 6.45) is 1.72. The highest BCUT2D eigenvalue weighted by Crippen LogP contribution is 2.29. The zero-order valence-corrected chi connectivity index (χ0v) is 12.6. The minimum atomic E-state index is -0.714. The molecule has 0 N–H and O–H groups in total. The largest absolute Gasteiger partial charge is 0.464 e. The van der Waals surface area contributed by atoms with E-state index in [1.165, 1.54) is 0 Å². The van der Waals surface area contributed by atoms with E-state index in [1.54, 1.807) is 36.0 Å². The minimum absolute atomic E-state index is 0.292. The van der Waals surface area contributed by atoms with E-state index >= 15 is 0 Å². The Hall–Kier alpha value is -1.52. The predicted octanol–water partition coefficient (Wildman–Crippen LogP) is 3.65. The number of aromatic nitrogens is 2. The molecule has 0 fully saturated rings. The number of nitrogens with zero attached hydrogens (tertiary/aromatic N) is 2. The number of benzene rings is 1. The van der Waals surface area contributed by atoms with Crippen molar-refractivity contribution in [2.45, 2.75) is 19.9 Å². The number of halogens is 2. The van der Waals surface area contributed by atoms with E-state index in [1.807, 2.05) is 13.0 Å². The van der Waals surface area contributed by atoms with E-state index in [2.05, 4.69) is 5.10 Å². The van der Waals surface area contributed by atoms with Crippen molar-refractivity contribution in [1.82, 2.24) is 9.78 Å². The number of rotatable bonds is 4. The second-order valence-electron chi connectivity index (χ2n) is 4.26. The van der Waals surface area contributed by atoms with Crippen LogP contribution in [0.2, 0.25) is 10.0 Å². The fourth-order valence-electron chi connectivity index (χ4n) is 1.90. The predicted molar refractivity (Wildman–Crippen MR) is 78.2 cm³/mol. The third-order valence-corrected chi connectivity index (χ3v) is 3.34. The van der Waals surface area contributed by atoms with E-state index in [0.29, 0.717) is 22.2 Å². The highest BCUT2D eigenvalue weighted by molar-refractivity contribution is 6.35. The molecule has 0 spiro atoms. The minimum Gasteiger partial charge on any atom is -0.464 e. The van der Waals surface area contributed by atoms with Gasteiger partial charge in [-0.05, 0) is 32.0 Å². The van der Waals surface area contributed by atoms with Gasteiger partial charge in [0.2, 0.25) is 0 Å². The maximum Gasteiger partial charge on any atom is 0.335 e. The first-order valence-electron chi connectivity index (χ1n) is 6.16. The molecule has 0 aliphatic rings. The summed E-state index contributed by atoms with van der Waals surface area (Å²) in [5.41, 5.74) is 1.42. The molecular formula is C14H14Cl2N2O2. The van der Waals surface area contributed by atoms with Crippen molar-refractivity contribution in [3.8, 4) is 0 Å². The van der Waals surface area contributed by atoms with Crippen LogP contribution in [0.5, 0.6) is 0 Å². The third-order valence-electron chi connectivity index (χ3n) is 2.77. The van der Waals surface area contributed by atoms with Gasteiger partial charge in [-0.3, -0.25) is 4.68 Å². The third kappa shape index (κ3) is 3.14. The molecule has 0 saturated heterocycles. The Labute approximate surface area is 127 Å². The Bertz CT molecular complexity index is 625. The summed E-state index contributed by atoms with van der Waals surface area (Å²) in [6.45, 7) is 3.90. The lowest BCUT2D eigenvalue weighted by molar-refractivity contribution is -0.146. The Morgan fingerprint density at radius 1 is 1.40 bits per heavy atom. The quantitative estimate of drug-likeness (QED) is 0.809. The van der Waals surface area contributed by atoms with Gasteiger partial charge >= 0.3 is 5.97 Å². The van der Waals surface area contributed by atoms with Crippen LogP contribution in [-0.2, 0) is 9.53 Å². The molecule has 20 heavy (non-hydrogen) atoms. The van der Waals surface area contributed by atoms with Crippen LogP contribution in [0.15, 0.2) is 30.5 Å². The molecule has 4 nitrogen and oxygen atoms in total. The number of esters is 1. The van der Waals surface area contributed by atoms with Crippen LogP contribution < -0.4 is 0 Å². The van der Waals surface area contributed by atoms with Crippen LogP contribution in [0.25, 0.3) is 0 Å². The summed E-state index contributed by atoms with van der Waals surface area (Å²) in [6, 6.07) is 6.10. The average Bonchev–Trinajstić information content (AvgIpc) is 2.79. The van der Waals surface area contributed by atoms with Gasteiger partial charge in [0.25, 0.3) is 0 Å². The maximum atomic E-state index is 12.2. The van der Waals surface area contributed by atoms with E-state index in [4.69, 9.17) is 27.9 Å². The molecule has 0 bridgehead atoms. The molecule has 1 heterocycles. The first kappa shape index (κ1) is 14.9. The first-order chi connectivity index (χ1) is 9.52. The fourth-order valence-corrected chi connectivity index (χ4v) is 2.41. The molecule has 0 amide bonds. The summed E-state index contributed by atoms with van der Waals surface area (Å²) in [5, 5.41) is 5.20. The van der Waals surface area contributed by atoms with Gasteiger partial charge in [0.05, 0.1) is 12.3 Å². The Balaban J connectivity index is 2.48. The molecule has 6 heteroatoms. The van der Waals surface area contributed by atoms with Crippen LogP contribution in [0, 0.1) is 6.92 Å². The van der Waals surface area contributed by atoms with Gasteiger partial charge in [-0.15, -0.1) is 0 Å². The summed E-state index contributed by atoms with van der Waals surface area (Å²) in [7, 11) is 0. The van der Waals surface area contributed by atoms with Gasteiger partial charge in [-0.25, -0.2) is 4.79 Å². The topological polar surface area (TPSA) is 44.1 Å². The molecule has 1 aromatic heterocycles. The van der Waals surface area contributed by atoms with Crippen molar-refractivity contribution >= 4 is 29.2 Å². The van der Waals surface area contributed by atoms with E-state index < -0.39 is 12.0 Å². The Morgan fingerprint density at radius 2 is 2.15 bits per heavy atom. The van der Waals surface area contributed by atoms with Gasteiger partial charge in [-0.2, -0.15) is 5.10 Å². The average molecular weight is 313 g/mol. The number of hydrogen-bond donors (Lipinski definition) is 0. The molecular weight excluding hydrogens is 299 g/mol. The SMILES string of the molecule is CCOC(=O)C(c1ccc(Cl)cc1Cl)n1ccc(C)n1. The first-order valence-corrected chi connectivity index (χ1v) is 6.92. The monoisotopic (exact) mass is 312 g/mol. The van der Waals surface area contributed by atoms with Gasteiger partial charge in [0, 0.05) is 21.8 Å². The van der Waals surface area contributed by atoms with Crippen LogP contribution in [0.3, 0.4) is 0 Å². The summed E-state index contributed by atoms with van der Waals surface area (Å²) >= 11 is 12.1. The van der Waals surface area contributed by atoms with Crippen molar-refractivity contribution in [3.63, 3.8) is 0 Å². The lowest BCUT2D eigenvalue weighted by atomic mass is 10.1. The van der Waals surface area contributed by atoms with Crippen LogP contribution in [0.4, 0.5) is 0 Å². The highest BCUT2D eigenvalue weighted by atomic mass is 35.5. The number of ether oxygens (including phenoxy) is 1. The van der Waals surface area contributed by atoms with Gasteiger partial charge < -0.3 is 4.74 Å². The molecule has 0 aliphatic heterocycles. The van der Waals surface area contributed by atoms with Crippen LogP contribution >= 0.6 is 23.2 Å². The second-order valence-corrected chi connectivity index (χ2v) is 5.10. The highest BCUT2D eigenvalue weighted by Gasteiger charge is 2.27. The van der Waals surface area contributed by atoms with Crippen molar-refractivity contribution in [3.05, 3.63) is 51.8 Å². The van der Waals surface area contributed by atoms with E-state index in [-0.39, 0.29) is 0 Å². The van der Waals surface area contributed by atoms with E-state index in [9.17, 15) is 4.79 Å². The normalized spacial score (nSPS) is 12.2. The number of hydrogen-bond acceptors (Lipinski definition) is 3. The lowest BCUT2D eigenvalue weighted by Crippen LogP contribution is -2.24. The molecule has 0 saturated carbocycles. The van der Waals surface area contributed by atoms with Crippen molar-refractivity contribution in [2.24, 2.45) is 0 Å². The van der Waals surface area contributed by atoms with Crippen molar-refractivity contribution in [1.29, 1.82) is 0 Å². The molecule has 1 aromatic carbocycles. The number of carbonyl (C=O) groups is 1. The zero-order chi connectivity index (χ0) is 14.7. The molecule has 0 radical (unpaired) electrons.